The number of imidazole rings is 1. The van der Waals surface area contributed by atoms with Crippen molar-refractivity contribution >= 4 is 53.1 Å². The Morgan fingerprint density at radius 3 is 1.92 bits per heavy atom. The van der Waals surface area contributed by atoms with Crippen molar-refractivity contribution in [1.82, 2.24) is 25.9 Å². The van der Waals surface area contributed by atoms with Crippen LogP contribution in [0.15, 0.2) is 12.5 Å². The normalized spacial score (nSPS) is 14.2. The predicted molar refractivity (Wildman–Crippen MR) is 138 cm³/mol. The maximum Gasteiger partial charge on any atom is 0.326 e. The zero-order valence-electron chi connectivity index (χ0n) is 20.3. The van der Waals surface area contributed by atoms with Crippen molar-refractivity contribution in [2.24, 2.45) is 11.5 Å². The number of aromatic nitrogens is 2. The summed E-state index contributed by atoms with van der Waals surface area (Å²) in [5, 5.41) is 17.0. The van der Waals surface area contributed by atoms with E-state index in [1.807, 2.05) is 12.5 Å². The number of nitrogens with two attached hydrogens (primary N) is 2. The Bertz CT molecular complexity index is 871. The molecule has 0 spiro atoms. The van der Waals surface area contributed by atoms with Crippen LogP contribution in [-0.4, -0.2) is 92.9 Å². The van der Waals surface area contributed by atoms with Crippen molar-refractivity contribution in [2.75, 3.05) is 24.0 Å². The lowest BCUT2D eigenvalue weighted by Crippen LogP contribution is -2.57. The molecule has 4 atom stereocenters. The zero-order valence-corrected chi connectivity index (χ0v) is 22.0. The number of primary amides is 1. The molecule has 0 fully saturated rings. The van der Waals surface area contributed by atoms with E-state index >= 15 is 0 Å². The van der Waals surface area contributed by atoms with Crippen LogP contribution in [0.25, 0.3) is 0 Å². The van der Waals surface area contributed by atoms with Crippen LogP contribution in [0.3, 0.4) is 0 Å². The number of hydrogen-bond donors (Lipinski definition) is 7. The maximum atomic E-state index is 13.1. The molecule has 0 aliphatic carbocycles. The van der Waals surface area contributed by atoms with Crippen molar-refractivity contribution in [1.29, 1.82) is 0 Å². The number of nitrogens with zero attached hydrogens (tertiary/aromatic N) is 1. The first-order valence-corrected chi connectivity index (χ1v) is 14.0. The number of aromatic amines is 1. The molecule has 0 aromatic carbocycles. The van der Waals surface area contributed by atoms with Crippen LogP contribution in [0.1, 0.15) is 31.4 Å². The molecule has 1 aromatic rings. The van der Waals surface area contributed by atoms with Gasteiger partial charge in [0.2, 0.25) is 23.6 Å². The van der Waals surface area contributed by atoms with Crippen molar-refractivity contribution < 1.29 is 29.1 Å². The van der Waals surface area contributed by atoms with Gasteiger partial charge in [-0.05, 0) is 43.3 Å². The zero-order chi connectivity index (χ0) is 27.1. The summed E-state index contributed by atoms with van der Waals surface area (Å²) in [6.07, 6.45) is 7.02. The Morgan fingerprint density at radius 2 is 1.47 bits per heavy atom. The molecule has 0 aliphatic rings. The third-order valence-electron chi connectivity index (χ3n) is 5.11. The highest BCUT2D eigenvalue weighted by molar-refractivity contribution is 7.98. The number of aliphatic carboxylic acids is 1. The maximum absolute atomic E-state index is 13.1. The predicted octanol–water partition coefficient (Wildman–Crippen LogP) is -1.41. The quantitative estimate of drug-likeness (QED) is 0.114. The van der Waals surface area contributed by atoms with Crippen LogP contribution < -0.4 is 27.4 Å². The number of carbonyl (C=O) groups is 5. The molecule has 0 saturated carbocycles. The van der Waals surface area contributed by atoms with Crippen LogP contribution in [0.4, 0.5) is 0 Å². The second-order valence-corrected chi connectivity index (χ2v) is 9.95. The first-order valence-electron chi connectivity index (χ1n) is 11.2. The van der Waals surface area contributed by atoms with Crippen LogP contribution in [0, 0.1) is 0 Å². The molecule has 0 saturated heterocycles. The van der Waals surface area contributed by atoms with Crippen LogP contribution in [-0.2, 0) is 30.4 Å². The second kappa shape index (κ2) is 16.8. The van der Waals surface area contributed by atoms with Crippen LogP contribution in [0.2, 0.25) is 0 Å². The molecule has 15 heteroatoms. The fourth-order valence-corrected chi connectivity index (χ4v) is 4.05. The minimum atomic E-state index is -1.34. The standard InChI is InChI=1S/C21H35N7O6S2/c1-35-7-5-14(26-18(30)13(22)9-12-10-24-11-25-12)19(31)27-15(6-8-36-2)20(32)28-16(21(33)34)3-4-17(23)29/h10-11,13-16H,3-9,22H2,1-2H3,(H2,23,29)(H,24,25)(H,26,30)(H,27,31)(H,28,32)(H,33,34). The summed E-state index contributed by atoms with van der Waals surface area (Å²) in [4.78, 5) is 67.9. The molecule has 4 unspecified atom stereocenters. The summed E-state index contributed by atoms with van der Waals surface area (Å²) in [5.41, 5.74) is 11.7. The highest BCUT2D eigenvalue weighted by Crippen LogP contribution is 2.07. The summed E-state index contributed by atoms with van der Waals surface area (Å²) in [6.45, 7) is 0. The number of amides is 4. The number of thioether (sulfide) groups is 2. The number of hydrogen-bond acceptors (Lipinski definition) is 9. The highest BCUT2D eigenvalue weighted by atomic mass is 32.2. The van der Waals surface area contributed by atoms with Gasteiger partial charge in [0.15, 0.2) is 0 Å². The molecule has 1 aromatic heterocycles. The fraction of sp³-hybridized carbons (Fsp3) is 0.619. The smallest absolute Gasteiger partial charge is 0.326 e. The number of rotatable bonds is 18. The van der Waals surface area contributed by atoms with E-state index in [-0.39, 0.29) is 25.7 Å². The third-order valence-corrected chi connectivity index (χ3v) is 6.40. The Kier molecular flexibility index (Phi) is 14.6. The van der Waals surface area contributed by atoms with E-state index in [0.29, 0.717) is 23.6 Å². The lowest BCUT2D eigenvalue weighted by Gasteiger charge is -2.25. The molecule has 9 N–H and O–H groups in total. The summed E-state index contributed by atoms with van der Waals surface area (Å²) in [7, 11) is 0. The first kappa shape index (κ1) is 31.3. The number of H-pyrrole nitrogens is 1. The summed E-state index contributed by atoms with van der Waals surface area (Å²) < 4.78 is 0. The van der Waals surface area contributed by atoms with E-state index in [1.54, 1.807) is 6.20 Å². The average Bonchev–Trinajstić information content (AvgIpc) is 3.34. The van der Waals surface area contributed by atoms with Crippen molar-refractivity contribution in [3.63, 3.8) is 0 Å². The van der Waals surface area contributed by atoms with E-state index < -0.39 is 53.8 Å². The van der Waals surface area contributed by atoms with Crippen molar-refractivity contribution in [3.8, 4) is 0 Å². The van der Waals surface area contributed by atoms with E-state index in [0.717, 1.165) is 0 Å². The van der Waals surface area contributed by atoms with Gasteiger partial charge >= 0.3 is 5.97 Å². The number of carbonyl (C=O) groups excluding carboxylic acids is 4. The molecular weight excluding hydrogens is 510 g/mol. The van der Waals surface area contributed by atoms with Crippen molar-refractivity contribution in [2.45, 2.75) is 56.3 Å². The lowest BCUT2D eigenvalue weighted by molar-refractivity contribution is -0.142. The Morgan fingerprint density at radius 1 is 0.944 bits per heavy atom. The van der Waals surface area contributed by atoms with Gasteiger partial charge in [-0.15, -0.1) is 0 Å². The summed E-state index contributed by atoms with van der Waals surface area (Å²) >= 11 is 2.93. The molecule has 1 heterocycles. The third kappa shape index (κ3) is 11.8. The molecule has 36 heavy (non-hydrogen) atoms. The van der Waals surface area contributed by atoms with Gasteiger partial charge in [-0.1, -0.05) is 0 Å². The highest BCUT2D eigenvalue weighted by Gasteiger charge is 2.30. The van der Waals surface area contributed by atoms with E-state index in [4.69, 9.17) is 11.5 Å². The first-order chi connectivity index (χ1) is 17.1. The molecule has 0 aliphatic heterocycles. The monoisotopic (exact) mass is 545 g/mol. The van der Waals surface area contributed by atoms with Crippen molar-refractivity contribution in [3.05, 3.63) is 18.2 Å². The topological polar surface area (TPSA) is 222 Å². The largest absolute Gasteiger partial charge is 0.480 e. The minimum Gasteiger partial charge on any atom is -0.480 e. The molecule has 202 valence electrons. The van der Waals surface area contributed by atoms with Gasteiger partial charge in [0, 0.05) is 24.7 Å². The van der Waals surface area contributed by atoms with E-state index in [1.165, 1.54) is 29.9 Å². The molecular formula is C21H35N7O6S2. The van der Waals surface area contributed by atoms with Gasteiger partial charge in [0.1, 0.15) is 18.1 Å². The SMILES string of the molecule is CSCCC(NC(=O)C(N)Cc1cnc[nH]1)C(=O)NC(CCSC)C(=O)NC(CCC(N)=O)C(=O)O. The number of carboxylic acid groups (broad SMARTS) is 1. The summed E-state index contributed by atoms with van der Waals surface area (Å²) in [5.74, 6) is -2.78. The molecule has 4 amide bonds. The minimum absolute atomic E-state index is 0.180. The number of carboxylic acids is 1. The van der Waals surface area contributed by atoms with Gasteiger partial charge in [-0.25, -0.2) is 9.78 Å². The summed E-state index contributed by atoms with van der Waals surface area (Å²) in [6, 6.07) is -4.27. The van der Waals surface area contributed by atoms with Gasteiger partial charge in [0.05, 0.1) is 12.4 Å². The Balaban J connectivity index is 2.90. The van der Waals surface area contributed by atoms with Gasteiger partial charge in [-0.3, -0.25) is 19.2 Å². The van der Waals surface area contributed by atoms with Gasteiger partial charge in [0.25, 0.3) is 0 Å². The van der Waals surface area contributed by atoms with Gasteiger partial charge in [-0.2, -0.15) is 23.5 Å². The van der Waals surface area contributed by atoms with E-state index in [9.17, 15) is 29.1 Å². The van der Waals surface area contributed by atoms with Crippen LogP contribution >= 0.6 is 23.5 Å². The lowest BCUT2D eigenvalue weighted by atomic mass is 10.1. The number of nitrogens with one attached hydrogen (secondary N) is 4. The Hall–Kier alpha value is -2.78. The molecule has 0 radical (unpaired) electrons. The molecule has 1 rings (SSSR count). The second-order valence-electron chi connectivity index (χ2n) is 7.98. The van der Waals surface area contributed by atoms with E-state index in [2.05, 4.69) is 25.9 Å². The fourth-order valence-electron chi connectivity index (χ4n) is 3.10. The van der Waals surface area contributed by atoms with Crippen LogP contribution in [0.5, 0.6) is 0 Å². The Labute approximate surface area is 218 Å². The average molecular weight is 546 g/mol. The molecule has 13 nitrogen and oxygen atoms in total. The van der Waals surface area contributed by atoms with Gasteiger partial charge < -0.3 is 37.5 Å². The molecule has 0 bridgehead atoms.